The molecule has 2 saturated heterocycles. The van der Waals surface area contributed by atoms with E-state index in [0.717, 1.165) is 26.4 Å². The minimum atomic E-state index is 0.363. The molecule has 0 saturated carbocycles. The van der Waals surface area contributed by atoms with Gasteiger partial charge in [-0.2, -0.15) is 0 Å². The molecule has 2 heterocycles. The molecule has 2 rings (SSSR count). The maximum absolute atomic E-state index is 5.73. The number of piperidine rings is 1. The van der Waals surface area contributed by atoms with Gasteiger partial charge in [0.15, 0.2) is 0 Å². The molecule has 2 aliphatic heterocycles. The summed E-state index contributed by atoms with van der Waals surface area (Å²) in [5, 5.41) is 3.49. The lowest BCUT2D eigenvalue weighted by Gasteiger charge is -2.26. The molecule has 0 aromatic carbocycles. The van der Waals surface area contributed by atoms with Crippen molar-refractivity contribution in [2.75, 3.05) is 26.4 Å². The summed E-state index contributed by atoms with van der Waals surface area (Å²) in [4.78, 5) is 0. The monoisotopic (exact) mass is 213 g/mol. The second kappa shape index (κ2) is 6.46. The maximum atomic E-state index is 5.73. The van der Waals surface area contributed by atoms with Gasteiger partial charge in [0.05, 0.1) is 19.3 Å². The molecule has 0 radical (unpaired) electrons. The Labute approximate surface area is 92.5 Å². The summed E-state index contributed by atoms with van der Waals surface area (Å²) in [6, 6.07) is 0.586. The first-order chi connectivity index (χ1) is 7.45. The van der Waals surface area contributed by atoms with Crippen molar-refractivity contribution in [2.24, 2.45) is 0 Å². The first-order valence-corrected chi connectivity index (χ1v) is 6.38. The van der Waals surface area contributed by atoms with Crippen molar-refractivity contribution in [3.63, 3.8) is 0 Å². The molecule has 1 N–H and O–H groups in total. The highest BCUT2D eigenvalue weighted by molar-refractivity contribution is 4.72. The van der Waals surface area contributed by atoms with Crippen LogP contribution in [0.25, 0.3) is 0 Å². The van der Waals surface area contributed by atoms with Crippen LogP contribution in [0.4, 0.5) is 0 Å². The highest BCUT2D eigenvalue weighted by atomic mass is 16.5. The van der Waals surface area contributed by atoms with Crippen LogP contribution in [0, 0.1) is 0 Å². The van der Waals surface area contributed by atoms with Gasteiger partial charge in [-0.15, -0.1) is 0 Å². The van der Waals surface area contributed by atoms with Crippen LogP contribution >= 0.6 is 0 Å². The zero-order valence-corrected chi connectivity index (χ0v) is 9.54. The fraction of sp³-hybridized carbons (Fsp3) is 1.00. The Morgan fingerprint density at radius 3 is 2.73 bits per heavy atom. The third-order valence-corrected chi connectivity index (χ3v) is 3.31. The molecule has 15 heavy (non-hydrogen) atoms. The Morgan fingerprint density at radius 2 is 2.00 bits per heavy atom. The van der Waals surface area contributed by atoms with E-state index in [4.69, 9.17) is 9.47 Å². The third kappa shape index (κ3) is 4.09. The Hall–Kier alpha value is -0.120. The molecule has 88 valence electrons. The van der Waals surface area contributed by atoms with Gasteiger partial charge < -0.3 is 14.8 Å². The van der Waals surface area contributed by atoms with E-state index in [1.54, 1.807) is 0 Å². The summed E-state index contributed by atoms with van der Waals surface area (Å²) in [5.74, 6) is 0. The molecule has 2 atom stereocenters. The second-order valence-corrected chi connectivity index (χ2v) is 4.67. The largest absolute Gasteiger partial charge is 0.377 e. The number of hydrogen-bond donors (Lipinski definition) is 1. The third-order valence-electron chi connectivity index (χ3n) is 3.31. The van der Waals surface area contributed by atoms with E-state index in [1.165, 1.54) is 38.5 Å². The quantitative estimate of drug-likeness (QED) is 0.771. The van der Waals surface area contributed by atoms with Crippen LogP contribution in [-0.2, 0) is 9.47 Å². The van der Waals surface area contributed by atoms with Crippen molar-refractivity contribution < 1.29 is 9.47 Å². The minimum absolute atomic E-state index is 0.363. The highest BCUT2D eigenvalue weighted by Crippen LogP contribution is 2.13. The molecule has 3 nitrogen and oxygen atoms in total. The Morgan fingerprint density at radius 1 is 1.07 bits per heavy atom. The Balaban J connectivity index is 1.53. The first-order valence-electron chi connectivity index (χ1n) is 6.38. The molecular weight excluding hydrogens is 190 g/mol. The van der Waals surface area contributed by atoms with Crippen LogP contribution in [-0.4, -0.2) is 38.5 Å². The fourth-order valence-electron chi connectivity index (χ4n) is 2.35. The summed E-state index contributed by atoms with van der Waals surface area (Å²) in [5.41, 5.74) is 0. The molecule has 0 amide bonds. The molecule has 0 bridgehead atoms. The van der Waals surface area contributed by atoms with Gasteiger partial charge >= 0.3 is 0 Å². The summed E-state index contributed by atoms with van der Waals surface area (Å²) >= 11 is 0. The normalized spacial score (nSPS) is 32.8. The lowest BCUT2D eigenvalue weighted by Crippen LogP contribution is -2.38. The van der Waals surface area contributed by atoms with Crippen LogP contribution < -0.4 is 5.32 Å². The van der Waals surface area contributed by atoms with Crippen molar-refractivity contribution in [3.8, 4) is 0 Å². The van der Waals surface area contributed by atoms with Crippen LogP contribution in [0.3, 0.4) is 0 Å². The highest BCUT2D eigenvalue weighted by Gasteiger charge is 2.16. The van der Waals surface area contributed by atoms with Crippen LogP contribution in [0.15, 0.2) is 0 Å². The van der Waals surface area contributed by atoms with Crippen molar-refractivity contribution in [1.29, 1.82) is 0 Å². The number of hydrogen-bond acceptors (Lipinski definition) is 3. The van der Waals surface area contributed by atoms with E-state index in [1.807, 2.05) is 0 Å². The lowest BCUT2D eigenvalue weighted by molar-refractivity contribution is -0.0450. The van der Waals surface area contributed by atoms with Gasteiger partial charge in [-0.25, -0.2) is 0 Å². The van der Waals surface area contributed by atoms with E-state index in [9.17, 15) is 0 Å². The average Bonchev–Trinajstić information content (AvgIpc) is 2.32. The summed E-state index contributed by atoms with van der Waals surface area (Å²) in [6.07, 6.45) is 8.01. The summed E-state index contributed by atoms with van der Waals surface area (Å²) < 4.78 is 11.3. The zero-order valence-electron chi connectivity index (χ0n) is 9.54. The van der Waals surface area contributed by atoms with Crippen molar-refractivity contribution in [2.45, 2.75) is 50.7 Å². The second-order valence-electron chi connectivity index (χ2n) is 4.67. The topological polar surface area (TPSA) is 30.5 Å². The van der Waals surface area contributed by atoms with Crippen molar-refractivity contribution in [1.82, 2.24) is 5.32 Å². The molecule has 0 aromatic rings. The fourth-order valence-corrected chi connectivity index (χ4v) is 2.35. The van der Waals surface area contributed by atoms with Crippen LogP contribution in [0.2, 0.25) is 0 Å². The van der Waals surface area contributed by atoms with Gasteiger partial charge in [-0.3, -0.25) is 0 Å². The van der Waals surface area contributed by atoms with Gasteiger partial charge in [0.1, 0.15) is 0 Å². The van der Waals surface area contributed by atoms with E-state index in [-0.39, 0.29) is 0 Å². The SMILES string of the molecule is C1CCC(COCC2CCCCO2)NC1. The summed E-state index contributed by atoms with van der Waals surface area (Å²) in [7, 11) is 0. The van der Waals surface area contributed by atoms with Crippen LogP contribution in [0.5, 0.6) is 0 Å². The molecule has 0 aliphatic carbocycles. The van der Waals surface area contributed by atoms with Crippen molar-refractivity contribution in [3.05, 3.63) is 0 Å². The number of nitrogens with one attached hydrogen (secondary N) is 1. The van der Waals surface area contributed by atoms with Gasteiger partial charge in [-0.05, 0) is 38.6 Å². The van der Waals surface area contributed by atoms with E-state index < -0.39 is 0 Å². The van der Waals surface area contributed by atoms with Gasteiger partial charge in [0.25, 0.3) is 0 Å². The maximum Gasteiger partial charge on any atom is 0.0808 e. The smallest absolute Gasteiger partial charge is 0.0808 e. The van der Waals surface area contributed by atoms with Gasteiger partial charge in [0.2, 0.25) is 0 Å². The molecule has 2 aliphatic rings. The standard InChI is InChI=1S/C12H23NO2/c1-3-7-13-11(5-1)9-14-10-12-6-2-4-8-15-12/h11-13H,1-10H2. The lowest BCUT2D eigenvalue weighted by atomic mass is 10.1. The predicted molar refractivity (Wildman–Crippen MR) is 60.1 cm³/mol. The first kappa shape index (κ1) is 11.4. The Bertz CT molecular complexity index is 145. The molecule has 0 spiro atoms. The predicted octanol–water partition coefficient (Wildman–Crippen LogP) is 1.71. The van der Waals surface area contributed by atoms with Crippen LogP contribution in [0.1, 0.15) is 38.5 Å². The molecule has 2 unspecified atom stereocenters. The molecule has 0 aromatic heterocycles. The van der Waals surface area contributed by atoms with Gasteiger partial charge in [0, 0.05) is 12.6 Å². The van der Waals surface area contributed by atoms with Gasteiger partial charge in [-0.1, -0.05) is 6.42 Å². The van der Waals surface area contributed by atoms with E-state index in [0.29, 0.717) is 12.1 Å². The van der Waals surface area contributed by atoms with E-state index in [2.05, 4.69) is 5.32 Å². The van der Waals surface area contributed by atoms with E-state index >= 15 is 0 Å². The molecular formula is C12H23NO2. The Kier molecular flexibility index (Phi) is 4.90. The minimum Gasteiger partial charge on any atom is -0.377 e. The number of ether oxygens (including phenoxy) is 2. The molecule has 3 heteroatoms. The molecule has 2 fully saturated rings. The van der Waals surface area contributed by atoms with Crippen molar-refractivity contribution >= 4 is 0 Å². The summed E-state index contributed by atoms with van der Waals surface area (Å²) in [6.45, 7) is 3.74. The average molecular weight is 213 g/mol. The number of rotatable bonds is 4. The zero-order chi connectivity index (χ0) is 10.3.